The first-order valence-electron chi connectivity index (χ1n) is 6.52. The summed E-state index contributed by atoms with van der Waals surface area (Å²) in [6.45, 7) is 0.0626. The summed E-state index contributed by atoms with van der Waals surface area (Å²) in [4.78, 5) is 23.0. The predicted octanol–water partition coefficient (Wildman–Crippen LogP) is 1.97. The molecule has 1 saturated carbocycles. The second kappa shape index (κ2) is 7.55. The topological polar surface area (TPSA) is 58.2 Å². The van der Waals surface area contributed by atoms with Gasteiger partial charge in [0, 0.05) is 16.8 Å². The van der Waals surface area contributed by atoms with E-state index in [-0.39, 0.29) is 18.4 Å². The van der Waals surface area contributed by atoms with Crippen LogP contribution in [0.15, 0.2) is 24.3 Å². The fraction of sp³-hybridized carbons (Fsp3) is 0.429. The SMILES string of the molecule is O=C(CSCc1cccc(Cl)c1)NCC(=O)NC1CC1. The summed E-state index contributed by atoms with van der Waals surface area (Å²) in [7, 11) is 0. The van der Waals surface area contributed by atoms with Gasteiger partial charge in [0.1, 0.15) is 0 Å². The lowest BCUT2D eigenvalue weighted by molar-refractivity contribution is -0.124. The van der Waals surface area contributed by atoms with E-state index in [0.717, 1.165) is 24.2 Å². The Morgan fingerprint density at radius 1 is 1.30 bits per heavy atom. The molecule has 1 aromatic rings. The minimum atomic E-state index is -0.122. The number of hydrogen-bond acceptors (Lipinski definition) is 3. The average Bonchev–Trinajstić information content (AvgIpc) is 3.20. The summed E-state index contributed by atoms with van der Waals surface area (Å²) in [6, 6.07) is 7.90. The highest BCUT2D eigenvalue weighted by molar-refractivity contribution is 7.99. The standard InChI is InChI=1S/C14H17ClN2O2S/c15-11-3-1-2-10(6-11)8-20-9-14(19)16-7-13(18)17-12-4-5-12/h1-3,6,12H,4-5,7-9H2,(H,16,19)(H,17,18). The van der Waals surface area contributed by atoms with Gasteiger partial charge in [0.15, 0.2) is 0 Å². The molecule has 4 nitrogen and oxygen atoms in total. The molecule has 2 rings (SSSR count). The lowest BCUT2D eigenvalue weighted by Gasteiger charge is -2.06. The van der Waals surface area contributed by atoms with Crippen molar-refractivity contribution < 1.29 is 9.59 Å². The quantitative estimate of drug-likeness (QED) is 0.809. The molecule has 0 unspecified atom stereocenters. The molecule has 0 aromatic heterocycles. The van der Waals surface area contributed by atoms with Gasteiger partial charge in [-0.3, -0.25) is 9.59 Å². The van der Waals surface area contributed by atoms with Crippen LogP contribution >= 0.6 is 23.4 Å². The normalized spacial score (nSPS) is 13.8. The summed E-state index contributed by atoms with van der Waals surface area (Å²) in [5, 5.41) is 6.14. The number of rotatable bonds is 7. The molecule has 6 heteroatoms. The van der Waals surface area contributed by atoms with E-state index in [1.165, 1.54) is 11.8 Å². The van der Waals surface area contributed by atoms with E-state index in [0.29, 0.717) is 16.8 Å². The summed E-state index contributed by atoms with van der Waals surface area (Å²) in [5.41, 5.74) is 1.08. The van der Waals surface area contributed by atoms with Crippen LogP contribution in [0.25, 0.3) is 0 Å². The highest BCUT2D eigenvalue weighted by Gasteiger charge is 2.23. The molecule has 2 amide bonds. The summed E-state index contributed by atoms with van der Waals surface area (Å²) in [6.07, 6.45) is 2.10. The third-order valence-electron chi connectivity index (χ3n) is 2.78. The van der Waals surface area contributed by atoms with E-state index in [1.54, 1.807) is 0 Å². The van der Waals surface area contributed by atoms with Crippen molar-refractivity contribution in [3.8, 4) is 0 Å². The monoisotopic (exact) mass is 312 g/mol. The zero-order valence-electron chi connectivity index (χ0n) is 11.0. The first kappa shape index (κ1) is 15.2. The van der Waals surface area contributed by atoms with Gasteiger partial charge >= 0.3 is 0 Å². The van der Waals surface area contributed by atoms with Crippen LogP contribution in [-0.4, -0.2) is 30.2 Å². The molecule has 0 saturated heterocycles. The van der Waals surface area contributed by atoms with Gasteiger partial charge in [-0.05, 0) is 30.5 Å². The van der Waals surface area contributed by atoms with Crippen LogP contribution in [0.3, 0.4) is 0 Å². The van der Waals surface area contributed by atoms with Crippen molar-refractivity contribution in [2.45, 2.75) is 24.6 Å². The Hall–Kier alpha value is -1.20. The van der Waals surface area contributed by atoms with Gasteiger partial charge in [-0.1, -0.05) is 23.7 Å². The third kappa shape index (κ3) is 5.84. The van der Waals surface area contributed by atoms with Gasteiger partial charge in [-0.25, -0.2) is 0 Å². The molecule has 1 fully saturated rings. The molecule has 1 aliphatic rings. The Morgan fingerprint density at radius 3 is 2.80 bits per heavy atom. The van der Waals surface area contributed by atoms with E-state index in [4.69, 9.17) is 11.6 Å². The van der Waals surface area contributed by atoms with Crippen LogP contribution in [0.2, 0.25) is 5.02 Å². The van der Waals surface area contributed by atoms with Gasteiger partial charge in [0.05, 0.1) is 12.3 Å². The number of nitrogens with one attached hydrogen (secondary N) is 2. The number of benzene rings is 1. The first-order valence-corrected chi connectivity index (χ1v) is 8.05. The minimum Gasteiger partial charge on any atom is -0.352 e. The molecule has 1 aliphatic carbocycles. The molecule has 20 heavy (non-hydrogen) atoms. The van der Waals surface area contributed by atoms with E-state index in [2.05, 4.69) is 10.6 Å². The number of hydrogen-bond donors (Lipinski definition) is 2. The number of carbonyl (C=O) groups is 2. The Balaban J connectivity index is 1.58. The lowest BCUT2D eigenvalue weighted by atomic mass is 10.2. The number of thioether (sulfide) groups is 1. The van der Waals surface area contributed by atoms with Gasteiger partial charge in [0.25, 0.3) is 0 Å². The van der Waals surface area contributed by atoms with E-state index < -0.39 is 0 Å². The largest absolute Gasteiger partial charge is 0.352 e. The maximum Gasteiger partial charge on any atom is 0.239 e. The van der Waals surface area contributed by atoms with Crippen molar-refractivity contribution in [1.82, 2.24) is 10.6 Å². The summed E-state index contributed by atoms with van der Waals surface area (Å²) < 4.78 is 0. The first-order chi connectivity index (χ1) is 9.63. The van der Waals surface area contributed by atoms with Crippen molar-refractivity contribution in [1.29, 1.82) is 0 Å². The molecule has 0 spiro atoms. The lowest BCUT2D eigenvalue weighted by Crippen LogP contribution is -2.38. The molecule has 0 bridgehead atoms. The average molecular weight is 313 g/mol. The van der Waals surface area contributed by atoms with Gasteiger partial charge in [-0.15, -0.1) is 11.8 Å². The van der Waals surface area contributed by atoms with Crippen molar-refractivity contribution in [3.63, 3.8) is 0 Å². The maximum atomic E-state index is 11.6. The van der Waals surface area contributed by atoms with Crippen LogP contribution in [0.1, 0.15) is 18.4 Å². The van der Waals surface area contributed by atoms with Crippen LogP contribution in [-0.2, 0) is 15.3 Å². The highest BCUT2D eigenvalue weighted by atomic mass is 35.5. The maximum absolute atomic E-state index is 11.6. The minimum absolute atomic E-state index is 0.0626. The number of amides is 2. The Kier molecular flexibility index (Phi) is 5.73. The van der Waals surface area contributed by atoms with Gasteiger partial charge in [-0.2, -0.15) is 0 Å². The molecule has 108 valence electrons. The zero-order chi connectivity index (χ0) is 14.4. The Bertz CT molecular complexity index is 492. The predicted molar refractivity (Wildman–Crippen MR) is 81.8 cm³/mol. The zero-order valence-corrected chi connectivity index (χ0v) is 12.6. The van der Waals surface area contributed by atoms with Crippen LogP contribution in [0.4, 0.5) is 0 Å². The summed E-state index contributed by atoms with van der Waals surface area (Å²) >= 11 is 7.38. The molecule has 0 radical (unpaired) electrons. The van der Waals surface area contributed by atoms with Gasteiger partial charge in [0.2, 0.25) is 11.8 Å². The van der Waals surface area contributed by atoms with E-state index in [1.807, 2.05) is 24.3 Å². The molecule has 1 aromatic carbocycles. The van der Waals surface area contributed by atoms with Gasteiger partial charge < -0.3 is 10.6 Å². The smallest absolute Gasteiger partial charge is 0.239 e. The number of halogens is 1. The molecular weight excluding hydrogens is 296 g/mol. The van der Waals surface area contributed by atoms with E-state index in [9.17, 15) is 9.59 Å². The van der Waals surface area contributed by atoms with Crippen LogP contribution in [0, 0.1) is 0 Å². The van der Waals surface area contributed by atoms with Crippen molar-refractivity contribution >= 4 is 35.2 Å². The van der Waals surface area contributed by atoms with Crippen molar-refractivity contribution in [2.24, 2.45) is 0 Å². The molecule has 2 N–H and O–H groups in total. The molecule has 0 atom stereocenters. The third-order valence-corrected chi connectivity index (χ3v) is 4.02. The molecule has 0 aliphatic heterocycles. The fourth-order valence-corrected chi connectivity index (χ4v) is 2.64. The van der Waals surface area contributed by atoms with Crippen LogP contribution < -0.4 is 10.6 Å². The van der Waals surface area contributed by atoms with Crippen molar-refractivity contribution in [2.75, 3.05) is 12.3 Å². The number of carbonyl (C=O) groups excluding carboxylic acids is 2. The second-order valence-electron chi connectivity index (χ2n) is 4.74. The Labute approximate surface area is 127 Å². The Morgan fingerprint density at radius 2 is 2.10 bits per heavy atom. The molecular formula is C14H17ClN2O2S. The van der Waals surface area contributed by atoms with Crippen LogP contribution in [0.5, 0.6) is 0 Å². The molecule has 0 heterocycles. The summed E-state index contributed by atoms with van der Waals surface area (Å²) in [5.74, 6) is 0.828. The highest BCUT2D eigenvalue weighted by Crippen LogP contribution is 2.18. The van der Waals surface area contributed by atoms with Crippen molar-refractivity contribution in [3.05, 3.63) is 34.9 Å². The fourth-order valence-electron chi connectivity index (χ4n) is 1.62. The second-order valence-corrected chi connectivity index (χ2v) is 6.16. The van der Waals surface area contributed by atoms with E-state index >= 15 is 0 Å².